The molecule has 0 spiro atoms. The minimum atomic E-state index is -4.15. The van der Waals surface area contributed by atoms with Crippen molar-refractivity contribution in [2.45, 2.75) is 51.1 Å². The van der Waals surface area contributed by atoms with Crippen LogP contribution < -0.4 is 9.62 Å². The average molecular weight is 556 g/mol. The summed E-state index contributed by atoms with van der Waals surface area (Å²) in [5.41, 5.74) is 2.01. The van der Waals surface area contributed by atoms with Crippen molar-refractivity contribution in [2.24, 2.45) is 0 Å². The molecule has 0 saturated carbocycles. The summed E-state index contributed by atoms with van der Waals surface area (Å²) < 4.78 is 28.5. The number of amides is 2. The van der Waals surface area contributed by atoms with Gasteiger partial charge in [0.1, 0.15) is 12.6 Å². The van der Waals surface area contributed by atoms with Crippen LogP contribution >= 0.6 is 11.6 Å². The molecule has 0 heterocycles. The van der Waals surface area contributed by atoms with Gasteiger partial charge in [0, 0.05) is 13.1 Å². The highest BCUT2D eigenvalue weighted by Gasteiger charge is 2.33. The van der Waals surface area contributed by atoms with Crippen molar-refractivity contribution in [2.75, 3.05) is 17.4 Å². The maximum Gasteiger partial charge on any atom is 0.264 e. The topological polar surface area (TPSA) is 86.8 Å². The number of aryl methyl sites for hydroxylation is 1. The van der Waals surface area contributed by atoms with E-state index in [1.807, 2.05) is 38.1 Å². The molecule has 3 aromatic rings. The van der Waals surface area contributed by atoms with Gasteiger partial charge in [-0.15, -0.1) is 0 Å². The van der Waals surface area contributed by atoms with E-state index in [2.05, 4.69) is 5.32 Å². The van der Waals surface area contributed by atoms with Gasteiger partial charge in [-0.1, -0.05) is 79.5 Å². The van der Waals surface area contributed by atoms with Crippen molar-refractivity contribution >= 4 is 39.1 Å². The molecule has 3 aromatic carbocycles. The number of nitrogens with zero attached hydrogens (tertiary/aromatic N) is 2. The lowest BCUT2D eigenvalue weighted by Crippen LogP contribution is -2.51. The third kappa shape index (κ3) is 7.14. The lowest BCUT2D eigenvalue weighted by molar-refractivity contribution is -0.139. The first-order valence-corrected chi connectivity index (χ1v) is 14.4. The van der Waals surface area contributed by atoms with Crippen molar-refractivity contribution in [1.82, 2.24) is 10.2 Å². The fourth-order valence-corrected chi connectivity index (χ4v) is 5.72. The second kappa shape index (κ2) is 13.4. The van der Waals surface area contributed by atoms with E-state index < -0.39 is 28.5 Å². The Morgan fingerprint density at radius 2 is 1.58 bits per heavy atom. The van der Waals surface area contributed by atoms with Gasteiger partial charge in [0.2, 0.25) is 11.8 Å². The number of unbranched alkanes of at least 4 members (excludes halogenated alkanes) is 1. The maximum absolute atomic E-state index is 13.9. The zero-order valence-corrected chi connectivity index (χ0v) is 23.5. The first kappa shape index (κ1) is 29.2. The molecular formula is C29H34ClN3O4S. The summed E-state index contributed by atoms with van der Waals surface area (Å²) in [5, 5.41) is 3.07. The predicted molar refractivity (Wildman–Crippen MR) is 152 cm³/mol. The van der Waals surface area contributed by atoms with E-state index in [1.165, 1.54) is 17.0 Å². The van der Waals surface area contributed by atoms with Crippen LogP contribution in [0.5, 0.6) is 0 Å². The Balaban J connectivity index is 2.01. The number of benzene rings is 3. The van der Waals surface area contributed by atoms with Crippen molar-refractivity contribution in [1.29, 1.82) is 0 Å². The van der Waals surface area contributed by atoms with Gasteiger partial charge in [-0.05, 0) is 55.7 Å². The minimum absolute atomic E-state index is 0.0310. The molecule has 0 aliphatic carbocycles. The van der Waals surface area contributed by atoms with Crippen LogP contribution in [-0.2, 0) is 26.2 Å². The predicted octanol–water partition coefficient (Wildman–Crippen LogP) is 5.18. The highest BCUT2D eigenvalue weighted by molar-refractivity contribution is 7.92. The molecule has 0 radical (unpaired) electrons. The van der Waals surface area contributed by atoms with E-state index in [9.17, 15) is 18.0 Å². The SMILES string of the molecule is CCCCNC(=O)C(C)N(Cc1ccccc1C)C(=O)CN(c1ccccc1Cl)S(=O)(=O)c1ccccc1. The van der Waals surface area contributed by atoms with E-state index in [-0.39, 0.29) is 28.1 Å². The summed E-state index contributed by atoms with van der Waals surface area (Å²) in [5.74, 6) is -0.818. The second-order valence-electron chi connectivity index (χ2n) is 9.04. The molecule has 1 N–H and O–H groups in total. The van der Waals surface area contributed by atoms with Gasteiger partial charge < -0.3 is 10.2 Å². The molecule has 0 aliphatic heterocycles. The Labute approximate surface area is 230 Å². The molecule has 0 fully saturated rings. The molecule has 9 heteroatoms. The number of anilines is 1. The van der Waals surface area contributed by atoms with Gasteiger partial charge >= 0.3 is 0 Å². The highest BCUT2D eigenvalue weighted by atomic mass is 35.5. The number of halogens is 1. The van der Waals surface area contributed by atoms with E-state index in [1.54, 1.807) is 49.4 Å². The van der Waals surface area contributed by atoms with E-state index in [0.717, 1.165) is 28.3 Å². The number of nitrogens with one attached hydrogen (secondary N) is 1. The third-order valence-corrected chi connectivity index (χ3v) is 8.42. The molecular weight excluding hydrogens is 522 g/mol. The van der Waals surface area contributed by atoms with Crippen LogP contribution in [0.25, 0.3) is 0 Å². The Morgan fingerprint density at radius 3 is 2.24 bits per heavy atom. The smallest absolute Gasteiger partial charge is 0.264 e. The first-order valence-electron chi connectivity index (χ1n) is 12.6. The largest absolute Gasteiger partial charge is 0.354 e. The van der Waals surface area contributed by atoms with Crippen LogP contribution in [0.3, 0.4) is 0 Å². The Hall–Kier alpha value is -3.36. The normalized spacial score (nSPS) is 12.0. The molecule has 1 atom stereocenters. The van der Waals surface area contributed by atoms with Crippen LogP contribution in [-0.4, -0.2) is 44.3 Å². The zero-order chi connectivity index (χ0) is 27.7. The molecule has 7 nitrogen and oxygen atoms in total. The summed E-state index contributed by atoms with van der Waals surface area (Å²) in [6, 6.07) is 21.1. The summed E-state index contributed by atoms with van der Waals surface area (Å²) in [6.07, 6.45) is 1.74. The van der Waals surface area contributed by atoms with Gasteiger partial charge in [-0.25, -0.2) is 8.42 Å². The standard InChI is InChI=1S/C29H34ClN3O4S/c1-4-5-19-31-29(35)23(3)32(20-24-14-10-9-13-22(24)2)28(34)21-33(27-18-12-11-17-26(27)30)38(36,37)25-15-7-6-8-16-25/h6-18,23H,4-5,19-21H2,1-3H3,(H,31,35). The fraction of sp³-hybridized carbons (Fsp3) is 0.310. The van der Waals surface area contributed by atoms with Crippen LogP contribution in [0.15, 0.2) is 83.8 Å². The van der Waals surface area contributed by atoms with E-state index in [0.29, 0.717) is 6.54 Å². The molecule has 0 aromatic heterocycles. The van der Waals surface area contributed by atoms with Gasteiger partial charge in [-0.3, -0.25) is 13.9 Å². The summed E-state index contributed by atoms with van der Waals surface area (Å²) >= 11 is 6.41. The Morgan fingerprint density at radius 1 is 0.947 bits per heavy atom. The number of carbonyl (C=O) groups excluding carboxylic acids is 2. The van der Waals surface area contributed by atoms with E-state index in [4.69, 9.17) is 11.6 Å². The van der Waals surface area contributed by atoms with Crippen LogP contribution in [0, 0.1) is 6.92 Å². The molecule has 3 rings (SSSR count). The summed E-state index contributed by atoms with van der Waals surface area (Å²) in [4.78, 5) is 28.4. The van der Waals surface area contributed by atoms with Crippen LogP contribution in [0.1, 0.15) is 37.8 Å². The monoisotopic (exact) mass is 555 g/mol. The van der Waals surface area contributed by atoms with Gasteiger partial charge in [0.05, 0.1) is 15.6 Å². The summed E-state index contributed by atoms with van der Waals surface area (Å²) in [6.45, 7) is 5.73. The second-order valence-corrected chi connectivity index (χ2v) is 11.3. The minimum Gasteiger partial charge on any atom is -0.354 e. The zero-order valence-electron chi connectivity index (χ0n) is 21.9. The molecule has 0 saturated heterocycles. The molecule has 0 bridgehead atoms. The fourth-order valence-electron chi connectivity index (χ4n) is 3.98. The number of hydrogen-bond donors (Lipinski definition) is 1. The Kier molecular flexibility index (Phi) is 10.3. The average Bonchev–Trinajstić information content (AvgIpc) is 2.91. The number of sulfonamides is 1. The number of carbonyl (C=O) groups is 2. The van der Waals surface area contributed by atoms with Crippen molar-refractivity contribution < 1.29 is 18.0 Å². The number of hydrogen-bond acceptors (Lipinski definition) is 4. The van der Waals surface area contributed by atoms with Crippen LogP contribution in [0.4, 0.5) is 5.69 Å². The van der Waals surface area contributed by atoms with E-state index >= 15 is 0 Å². The van der Waals surface area contributed by atoms with Crippen molar-refractivity contribution in [3.63, 3.8) is 0 Å². The summed E-state index contributed by atoms with van der Waals surface area (Å²) in [7, 11) is -4.15. The molecule has 1 unspecified atom stereocenters. The Bertz CT molecular complexity index is 1350. The quantitative estimate of drug-likeness (QED) is 0.312. The molecule has 38 heavy (non-hydrogen) atoms. The third-order valence-electron chi connectivity index (χ3n) is 6.33. The van der Waals surface area contributed by atoms with Crippen LogP contribution in [0.2, 0.25) is 5.02 Å². The lowest BCUT2D eigenvalue weighted by atomic mass is 10.1. The van der Waals surface area contributed by atoms with Gasteiger partial charge in [0.25, 0.3) is 10.0 Å². The van der Waals surface area contributed by atoms with Crippen molar-refractivity contribution in [3.05, 3.63) is 95.0 Å². The molecule has 0 aliphatic rings. The number of para-hydroxylation sites is 1. The van der Waals surface area contributed by atoms with Crippen molar-refractivity contribution in [3.8, 4) is 0 Å². The number of rotatable bonds is 12. The molecule has 2 amide bonds. The first-order chi connectivity index (χ1) is 18.2. The van der Waals surface area contributed by atoms with Gasteiger partial charge in [0.15, 0.2) is 0 Å². The maximum atomic E-state index is 13.9. The highest BCUT2D eigenvalue weighted by Crippen LogP contribution is 2.30. The lowest BCUT2D eigenvalue weighted by Gasteiger charge is -2.32. The van der Waals surface area contributed by atoms with Gasteiger partial charge in [-0.2, -0.15) is 0 Å². The molecule has 202 valence electrons.